The van der Waals surface area contributed by atoms with Crippen LogP contribution in [0.3, 0.4) is 0 Å². The van der Waals surface area contributed by atoms with E-state index in [0.29, 0.717) is 24.2 Å². The standard InChI is InChI=1S/C10H12O3/c1-2-13-10(12)8-5-3-4-6(8)7(4)9(5)11/h4-8H,2-3H2,1H3/t4?,5?,6?,7?,8-/m1/s1. The van der Waals surface area contributed by atoms with Gasteiger partial charge in [-0.3, -0.25) is 9.59 Å². The number of hydrogen-bond acceptors (Lipinski definition) is 3. The van der Waals surface area contributed by atoms with Gasteiger partial charge in [-0.05, 0) is 25.2 Å². The highest BCUT2D eigenvalue weighted by atomic mass is 16.5. The third-order valence-corrected chi connectivity index (χ3v) is 3.86. The zero-order chi connectivity index (χ0) is 9.16. The Morgan fingerprint density at radius 2 is 2.38 bits per heavy atom. The summed E-state index contributed by atoms with van der Waals surface area (Å²) < 4.78 is 4.98. The van der Waals surface area contributed by atoms with Gasteiger partial charge in [0.25, 0.3) is 0 Å². The predicted octanol–water partition coefficient (Wildman–Crippen LogP) is 0.631. The van der Waals surface area contributed by atoms with Crippen molar-refractivity contribution >= 4 is 11.8 Å². The molecule has 0 heterocycles. The largest absolute Gasteiger partial charge is 0.466 e. The minimum Gasteiger partial charge on any atom is -0.466 e. The van der Waals surface area contributed by atoms with Gasteiger partial charge in [-0.1, -0.05) is 0 Å². The summed E-state index contributed by atoms with van der Waals surface area (Å²) in [4.78, 5) is 23.0. The van der Waals surface area contributed by atoms with Crippen LogP contribution in [0, 0.1) is 29.6 Å². The van der Waals surface area contributed by atoms with Crippen molar-refractivity contribution in [2.75, 3.05) is 6.61 Å². The average molecular weight is 180 g/mol. The van der Waals surface area contributed by atoms with Crippen LogP contribution in [0.15, 0.2) is 0 Å². The first-order chi connectivity index (χ1) is 6.25. The van der Waals surface area contributed by atoms with Crippen LogP contribution in [0.1, 0.15) is 13.3 Å². The lowest BCUT2D eigenvalue weighted by Gasteiger charge is -2.11. The maximum atomic E-state index is 11.5. The summed E-state index contributed by atoms with van der Waals surface area (Å²) in [6.45, 7) is 2.24. The van der Waals surface area contributed by atoms with Gasteiger partial charge in [-0.15, -0.1) is 0 Å². The highest BCUT2D eigenvalue weighted by Crippen LogP contribution is 2.71. The Morgan fingerprint density at radius 1 is 1.62 bits per heavy atom. The van der Waals surface area contributed by atoms with E-state index < -0.39 is 0 Å². The molecule has 4 fully saturated rings. The second-order valence-electron chi connectivity index (χ2n) is 4.29. The quantitative estimate of drug-likeness (QED) is 0.585. The fourth-order valence-corrected chi connectivity index (χ4v) is 3.40. The van der Waals surface area contributed by atoms with Crippen LogP contribution >= 0.6 is 0 Å². The fourth-order valence-electron chi connectivity index (χ4n) is 3.40. The number of Topliss-reactive ketones (excluding diaryl/α,β-unsaturated/α-hetero) is 1. The van der Waals surface area contributed by atoms with E-state index in [4.69, 9.17) is 4.74 Å². The molecule has 4 unspecified atom stereocenters. The number of esters is 1. The molecule has 0 spiro atoms. The van der Waals surface area contributed by atoms with E-state index in [1.54, 1.807) is 0 Å². The summed E-state index contributed by atoms with van der Waals surface area (Å²) >= 11 is 0. The van der Waals surface area contributed by atoms with E-state index in [-0.39, 0.29) is 23.7 Å². The normalized spacial score (nSPS) is 49.6. The molecule has 5 atom stereocenters. The lowest BCUT2D eigenvalue weighted by molar-refractivity contribution is -0.150. The summed E-state index contributed by atoms with van der Waals surface area (Å²) in [5.41, 5.74) is 0. The Hall–Kier alpha value is -0.860. The second-order valence-corrected chi connectivity index (χ2v) is 4.29. The van der Waals surface area contributed by atoms with Crippen molar-refractivity contribution in [1.82, 2.24) is 0 Å². The van der Waals surface area contributed by atoms with E-state index in [1.165, 1.54) is 0 Å². The molecular weight excluding hydrogens is 168 g/mol. The number of carbonyl (C=O) groups excluding carboxylic acids is 2. The van der Waals surface area contributed by atoms with E-state index >= 15 is 0 Å². The van der Waals surface area contributed by atoms with Gasteiger partial charge in [-0.25, -0.2) is 0 Å². The van der Waals surface area contributed by atoms with E-state index in [2.05, 4.69) is 0 Å². The monoisotopic (exact) mass is 180 g/mol. The van der Waals surface area contributed by atoms with Crippen LogP contribution in [0.2, 0.25) is 0 Å². The van der Waals surface area contributed by atoms with Crippen molar-refractivity contribution in [1.29, 1.82) is 0 Å². The fraction of sp³-hybridized carbons (Fsp3) is 0.800. The molecule has 3 nitrogen and oxygen atoms in total. The maximum absolute atomic E-state index is 11.5. The highest BCUT2D eigenvalue weighted by Gasteiger charge is 2.75. The smallest absolute Gasteiger partial charge is 0.309 e. The van der Waals surface area contributed by atoms with Gasteiger partial charge in [0.1, 0.15) is 5.78 Å². The molecule has 4 rings (SSSR count). The lowest BCUT2D eigenvalue weighted by Crippen LogP contribution is -2.23. The van der Waals surface area contributed by atoms with Crippen molar-refractivity contribution in [3.05, 3.63) is 0 Å². The van der Waals surface area contributed by atoms with Crippen LogP contribution < -0.4 is 0 Å². The zero-order valence-electron chi connectivity index (χ0n) is 7.53. The topological polar surface area (TPSA) is 43.4 Å². The van der Waals surface area contributed by atoms with Gasteiger partial charge >= 0.3 is 5.97 Å². The van der Waals surface area contributed by atoms with E-state index in [0.717, 1.165) is 6.42 Å². The molecule has 0 aromatic carbocycles. The number of ether oxygens (including phenoxy) is 1. The maximum Gasteiger partial charge on any atom is 0.309 e. The van der Waals surface area contributed by atoms with Crippen molar-refractivity contribution < 1.29 is 14.3 Å². The molecule has 4 aliphatic carbocycles. The SMILES string of the molecule is CCOC(=O)[C@@H]1C2CC3C(C2=O)C31. The van der Waals surface area contributed by atoms with Gasteiger partial charge in [0.05, 0.1) is 12.5 Å². The molecule has 0 radical (unpaired) electrons. The van der Waals surface area contributed by atoms with Crippen LogP contribution in [0.5, 0.6) is 0 Å². The summed E-state index contributed by atoms with van der Waals surface area (Å²) in [6.07, 6.45) is 0.956. The molecule has 4 aliphatic rings. The van der Waals surface area contributed by atoms with E-state index in [1.807, 2.05) is 6.92 Å². The number of carbonyl (C=O) groups is 2. The first-order valence-electron chi connectivity index (χ1n) is 4.96. The Bertz CT molecular complexity index is 297. The Balaban J connectivity index is 1.82. The average Bonchev–Trinajstić information content (AvgIpc) is 2.40. The zero-order valence-corrected chi connectivity index (χ0v) is 7.53. The van der Waals surface area contributed by atoms with Gasteiger partial charge in [0.2, 0.25) is 0 Å². The molecule has 0 saturated heterocycles. The van der Waals surface area contributed by atoms with E-state index in [9.17, 15) is 9.59 Å². The van der Waals surface area contributed by atoms with Crippen molar-refractivity contribution in [3.63, 3.8) is 0 Å². The van der Waals surface area contributed by atoms with Gasteiger partial charge < -0.3 is 4.74 Å². The molecule has 0 aliphatic heterocycles. The van der Waals surface area contributed by atoms with Crippen LogP contribution in [0.25, 0.3) is 0 Å². The van der Waals surface area contributed by atoms with Crippen molar-refractivity contribution in [2.45, 2.75) is 13.3 Å². The Morgan fingerprint density at radius 3 is 2.77 bits per heavy atom. The van der Waals surface area contributed by atoms with Gasteiger partial charge in [0, 0.05) is 11.8 Å². The summed E-state index contributed by atoms with van der Waals surface area (Å²) in [6, 6.07) is 0. The summed E-state index contributed by atoms with van der Waals surface area (Å²) in [5.74, 6) is 1.34. The molecule has 13 heavy (non-hydrogen) atoms. The Labute approximate surface area is 76.4 Å². The van der Waals surface area contributed by atoms with Crippen molar-refractivity contribution in [3.8, 4) is 0 Å². The van der Waals surface area contributed by atoms with Crippen molar-refractivity contribution in [2.24, 2.45) is 29.6 Å². The molecule has 0 N–H and O–H groups in total. The molecule has 3 heteroatoms. The third kappa shape index (κ3) is 0.713. The van der Waals surface area contributed by atoms with Crippen LogP contribution in [-0.2, 0) is 14.3 Å². The molecule has 70 valence electrons. The number of rotatable bonds is 2. The first-order valence-corrected chi connectivity index (χ1v) is 4.96. The van der Waals surface area contributed by atoms with Gasteiger partial charge in [0.15, 0.2) is 0 Å². The molecule has 4 saturated carbocycles. The molecule has 4 bridgehead atoms. The number of ketones is 1. The molecule has 0 amide bonds. The first kappa shape index (κ1) is 7.54. The van der Waals surface area contributed by atoms with Gasteiger partial charge in [-0.2, -0.15) is 0 Å². The lowest BCUT2D eigenvalue weighted by atomic mass is 9.98. The van der Waals surface area contributed by atoms with Crippen LogP contribution in [0.4, 0.5) is 0 Å². The van der Waals surface area contributed by atoms with Crippen LogP contribution in [-0.4, -0.2) is 18.4 Å². The minimum atomic E-state index is -0.131. The second kappa shape index (κ2) is 2.14. The summed E-state index contributed by atoms with van der Waals surface area (Å²) in [7, 11) is 0. The molecule has 0 aromatic rings. The predicted molar refractivity (Wildman–Crippen MR) is 43.7 cm³/mol. The third-order valence-electron chi connectivity index (χ3n) is 3.86. The minimum absolute atomic E-state index is 0.0269. The highest BCUT2D eigenvalue weighted by molar-refractivity contribution is 5.98. The summed E-state index contributed by atoms with van der Waals surface area (Å²) in [5, 5.41) is 0. The Kier molecular flexibility index (Phi) is 1.24. The molecule has 0 aromatic heterocycles. The molecular formula is C10H12O3. The number of hydrogen-bond donors (Lipinski definition) is 0.